The van der Waals surface area contributed by atoms with Gasteiger partial charge in [-0.3, -0.25) is 4.98 Å². The third kappa shape index (κ3) is 4.15. The lowest BCUT2D eigenvalue weighted by molar-refractivity contribution is -0.00000498. The summed E-state index contributed by atoms with van der Waals surface area (Å²) in [5.74, 6) is 0.861. The van der Waals surface area contributed by atoms with Crippen LogP contribution in [0.4, 0.5) is 11.4 Å². The standard InChI is InChI=1S/C18H17BrN2O.ClH/c1-3-22-15-8-9-17-16(11-15)18(10-12(2)20-17)21-14-6-4-13(19)5-7-14;/h4-11H,3H2,1-2H3,(H,20,21);1H/p-1. The van der Waals surface area contributed by atoms with Crippen LogP contribution in [0, 0.1) is 6.92 Å². The predicted octanol–water partition coefficient (Wildman–Crippen LogP) is 2.45. The average Bonchev–Trinajstić information content (AvgIpc) is 2.50. The van der Waals surface area contributed by atoms with Gasteiger partial charge in [-0.15, -0.1) is 0 Å². The minimum atomic E-state index is 0. The summed E-state index contributed by atoms with van der Waals surface area (Å²) in [6.07, 6.45) is 0. The molecule has 120 valence electrons. The maximum Gasteiger partial charge on any atom is 0.120 e. The number of hydrogen-bond donors (Lipinski definition) is 1. The number of aromatic nitrogens is 1. The van der Waals surface area contributed by atoms with Crippen molar-refractivity contribution in [2.75, 3.05) is 11.9 Å². The lowest BCUT2D eigenvalue weighted by Gasteiger charge is -2.12. The first kappa shape index (κ1) is 17.6. The van der Waals surface area contributed by atoms with E-state index < -0.39 is 0 Å². The summed E-state index contributed by atoms with van der Waals surface area (Å²) < 4.78 is 6.67. The van der Waals surface area contributed by atoms with Crippen LogP contribution in [-0.4, -0.2) is 11.6 Å². The Bertz CT molecular complexity index is 806. The number of rotatable bonds is 4. The highest BCUT2D eigenvalue weighted by atomic mass is 79.9. The van der Waals surface area contributed by atoms with Crippen LogP contribution in [0.2, 0.25) is 0 Å². The van der Waals surface area contributed by atoms with Gasteiger partial charge in [-0.25, -0.2) is 0 Å². The molecule has 1 aromatic heterocycles. The third-order valence-corrected chi connectivity index (χ3v) is 3.87. The largest absolute Gasteiger partial charge is 1.00 e. The van der Waals surface area contributed by atoms with Crippen molar-refractivity contribution in [2.24, 2.45) is 0 Å². The fraction of sp³-hybridized carbons (Fsp3) is 0.167. The number of anilines is 2. The highest BCUT2D eigenvalue weighted by molar-refractivity contribution is 9.10. The van der Waals surface area contributed by atoms with Crippen molar-refractivity contribution in [2.45, 2.75) is 13.8 Å². The van der Waals surface area contributed by atoms with Crippen molar-refractivity contribution in [1.29, 1.82) is 0 Å². The van der Waals surface area contributed by atoms with Crippen molar-refractivity contribution in [3.63, 3.8) is 0 Å². The van der Waals surface area contributed by atoms with Crippen LogP contribution in [0.5, 0.6) is 5.75 Å². The molecule has 1 N–H and O–H groups in total. The summed E-state index contributed by atoms with van der Waals surface area (Å²) in [5, 5.41) is 4.52. The Hall–Kier alpha value is -1.78. The second-order valence-electron chi connectivity index (χ2n) is 5.06. The van der Waals surface area contributed by atoms with E-state index in [0.29, 0.717) is 6.61 Å². The number of benzene rings is 2. The maximum atomic E-state index is 5.60. The minimum Gasteiger partial charge on any atom is -1.00 e. The van der Waals surface area contributed by atoms with E-state index in [1.54, 1.807) is 0 Å². The fourth-order valence-corrected chi connectivity index (χ4v) is 2.65. The minimum absolute atomic E-state index is 0. The van der Waals surface area contributed by atoms with Gasteiger partial charge in [-0.1, -0.05) is 15.9 Å². The van der Waals surface area contributed by atoms with Gasteiger partial charge in [0.1, 0.15) is 5.75 Å². The lowest BCUT2D eigenvalue weighted by atomic mass is 10.1. The summed E-state index contributed by atoms with van der Waals surface area (Å²) in [5.41, 5.74) is 4.02. The van der Waals surface area contributed by atoms with E-state index in [9.17, 15) is 0 Å². The second-order valence-corrected chi connectivity index (χ2v) is 5.97. The van der Waals surface area contributed by atoms with Crippen LogP contribution in [0.25, 0.3) is 10.9 Å². The van der Waals surface area contributed by atoms with Crippen LogP contribution < -0.4 is 22.5 Å². The Balaban J connectivity index is 0.00000192. The molecule has 0 amide bonds. The number of aryl methyl sites for hydroxylation is 1. The van der Waals surface area contributed by atoms with Gasteiger partial charge in [0.05, 0.1) is 12.1 Å². The smallest absolute Gasteiger partial charge is 0.120 e. The Labute approximate surface area is 150 Å². The molecule has 0 radical (unpaired) electrons. The number of fused-ring (bicyclic) bond motifs is 1. The molecule has 3 nitrogen and oxygen atoms in total. The van der Waals surface area contributed by atoms with E-state index in [-0.39, 0.29) is 12.4 Å². The first-order chi connectivity index (χ1) is 10.7. The van der Waals surface area contributed by atoms with Crippen molar-refractivity contribution in [3.05, 3.63) is 58.7 Å². The van der Waals surface area contributed by atoms with Crippen molar-refractivity contribution in [1.82, 2.24) is 4.98 Å². The summed E-state index contributed by atoms with van der Waals surface area (Å²) in [6, 6.07) is 16.2. The first-order valence-corrected chi connectivity index (χ1v) is 8.02. The van der Waals surface area contributed by atoms with E-state index in [4.69, 9.17) is 4.74 Å². The molecule has 23 heavy (non-hydrogen) atoms. The van der Waals surface area contributed by atoms with Gasteiger partial charge in [0.2, 0.25) is 0 Å². The van der Waals surface area contributed by atoms with E-state index in [0.717, 1.165) is 38.2 Å². The molecule has 0 spiro atoms. The van der Waals surface area contributed by atoms with Crippen LogP contribution >= 0.6 is 15.9 Å². The molecule has 5 heteroatoms. The molecule has 0 atom stereocenters. The van der Waals surface area contributed by atoms with Gasteiger partial charge in [-0.2, -0.15) is 0 Å². The van der Waals surface area contributed by atoms with E-state index in [1.165, 1.54) is 0 Å². The molecule has 0 saturated heterocycles. The Morgan fingerprint density at radius 3 is 2.52 bits per heavy atom. The van der Waals surface area contributed by atoms with Gasteiger partial charge >= 0.3 is 0 Å². The zero-order valence-corrected chi connectivity index (χ0v) is 15.3. The monoisotopic (exact) mass is 391 g/mol. The normalized spacial score (nSPS) is 10.2. The summed E-state index contributed by atoms with van der Waals surface area (Å²) >= 11 is 3.45. The molecule has 2 aromatic carbocycles. The van der Waals surface area contributed by atoms with Gasteiger partial charge in [0, 0.05) is 26.9 Å². The molecule has 0 saturated carbocycles. The van der Waals surface area contributed by atoms with E-state index >= 15 is 0 Å². The first-order valence-electron chi connectivity index (χ1n) is 7.22. The van der Waals surface area contributed by atoms with Crippen molar-refractivity contribution in [3.8, 4) is 5.75 Å². The number of nitrogens with one attached hydrogen (secondary N) is 1. The SMILES string of the molecule is CCOc1ccc2nc(C)cc(Nc3ccc(Br)cc3)c2c1.[Cl-]. The highest BCUT2D eigenvalue weighted by Gasteiger charge is 2.06. The van der Waals surface area contributed by atoms with Crippen molar-refractivity contribution >= 4 is 38.2 Å². The molecule has 3 aromatic rings. The molecule has 1 heterocycles. The zero-order chi connectivity index (χ0) is 15.5. The summed E-state index contributed by atoms with van der Waals surface area (Å²) in [7, 11) is 0. The molecular formula is C18H17BrClN2O-. The van der Waals surface area contributed by atoms with Gasteiger partial charge in [-0.05, 0) is 62.4 Å². The Morgan fingerprint density at radius 2 is 1.83 bits per heavy atom. The summed E-state index contributed by atoms with van der Waals surface area (Å²) in [6.45, 7) is 4.64. The molecule has 0 aliphatic heterocycles. The molecular weight excluding hydrogens is 376 g/mol. The third-order valence-electron chi connectivity index (χ3n) is 3.34. The van der Waals surface area contributed by atoms with E-state index in [2.05, 4.69) is 32.3 Å². The number of hydrogen-bond acceptors (Lipinski definition) is 3. The average molecular weight is 393 g/mol. The Morgan fingerprint density at radius 1 is 1.09 bits per heavy atom. The zero-order valence-electron chi connectivity index (χ0n) is 12.9. The Kier molecular flexibility index (Phi) is 5.85. The van der Waals surface area contributed by atoms with Gasteiger partial charge < -0.3 is 22.5 Å². The van der Waals surface area contributed by atoms with Crippen LogP contribution in [0.15, 0.2) is 53.0 Å². The summed E-state index contributed by atoms with van der Waals surface area (Å²) in [4.78, 5) is 4.59. The van der Waals surface area contributed by atoms with Gasteiger partial charge in [0.25, 0.3) is 0 Å². The highest BCUT2D eigenvalue weighted by Crippen LogP contribution is 2.30. The molecule has 0 aliphatic rings. The van der Waals surface area contributed by atoms with Crippen LogP contribution in [0.3, 0.4) is 0 Å². The second kappa shape index (κ2) is 7.66. The van der Waals surface area contributed by atoms with Crippen LogP contribution in [-0.2, 0) is 0 Å². The van der Waals surface area contributed by atoms with E-state index in [1.807, 2.05) is 56.3 Å². The fourth-order valence-electron chi connectivity index (χ4n) is 2.39. The predicted molar refractivity (Wildman–Crippen MR) is 95.1 cm³/mol. The van der Waals surface area contributed by atoms with Crippen molar-refractivity contribution < 1.29 is 17.1 Å². The number of halogens is 2. The molecule has 0 aliphatic carbocycles. The maximum absolute atomic E-state index is 5.60. The molecule has 0 bridgehead atoms. The molecule has 0 fully saturated rings. The number of ether oxygens (including phenoxy) is 1. The molecule has 3 rings (SSSR count). The lowest BCUT2D eigenvalue weighted by Crippen LogP contribution is -3.00. The van der Waals surface area contributed by atoms with Gasteiger partial charge in [0.15, 0.2) is 0 Å². The van der Waals surface area contributed by atoms with Crippen LogP contribution in [0.1, 0.15) is 12.6 Å². The quantitative estimate of drug-likeness (QED) is 0.740. The number of pyridine rings is 1. The topological polar surface area (TPSA) is 34.1 Å². The number of nitrogens with zero attached hydrogens (tertiary/aromatic N) is 1. The molecule has 0 unspecified atom stereocenters.